The van der Waals surface area contributed by atoms with E-state index in [0.29, 0.717) is 22.2 Å². The van der Waals surface area contributed by atoms with E-state index in [9.17, 15) is 13.2 Å². The van der Waals surface area contributed by atoms with Crippen molar-refractivity contribution >= 4 is 11.0 Å². The molecule has 0 fully saturated rings. The highest BCUT2D eigenvalue weighted by atomic mass is 19.3. The van der Waals surface area contributed by atoms with E-state index in [1.165, 1.54) is 6.07 Å². The normalized spacial score (nSPS) is 11.4. The Morgan fingerprint density at radius 3 is 2.68 bits per heavy atom. The Labute approximate surface area is 106 Å². The molecule has 3 aromatic rings. The summed E-state index contributed by atoms with van der Waals surface area (Å²) in [6.07, 6.45) is 0.262. The number of hydrogen-bond donors (Lipinski definition) is 1. The van der Waals surface area contributed by atoms with Gasteiger partial charge in [0.15, 0.2) is 0 Å². The number of halogens is 3. The first-order valence-corrected chi connectivity index (χ1v) is 5.52. The quantitative estimate of drug-likeness (QED) is 0.765. The Bertz CT molecular complexity index is 737. The zero-order chi connectivity index (χ0) is 13.4. The molecule has 0 radical (unpaired) electrons. The minimum absolute atomic E-state index is 0.487. The standard InChI is InChI=1S/C13H8F3N3/c14-10-2-1-7(3-9(10)13(15)16)8-4-11-12(17-5-8)6-18-19-11/h1-6,13H,(H,18,19). The number of aromatic amines is 1. The lowest BCUT2D eigenvalue weighted by Gasteiger charge is -2.06. The molecule has 0 aliphatic carbocycles. The van der Waals surface area contributed by atoms with Crippen LogP contribution in [0.2, 0.25) is 0 Å². The lowest BCUT2D eigenvalue weighted by atomic mass is 10.0. The molecule has 0 saturated carbocycles. The van der Waals surface area contributed by atoms with E-state index in [1.54, 1.807) is 18.5 Å². The van der Waals surface area contributed by atoms with Gasteiger partial charge in [0.05, 0.1) is 17.3 Å². The lowest BCUT2D eigenvalue weighted by molar-refractivity contribution is 0.146. The average Bonchev–Trinajstić information content (AvgIpc) is 2.86. The smallest absolute Gasteiger partial charge is 0.266 e. The van der Waals surface area contributed by atoms with Crippen LogP contribution in [0.25, 0.3) is 22.2 Å². The van der Waals surface area contributed by atoms with Crippen molar-refractivity contribution < 1.29 is 13.2 Å². The number of nitrogens with one attached hydrogen (secondary N) is 1. The Morgan fingerprint density at radius 1 is 1.05 bits per heavy atom. The van der Waals surface area contributed by atoms with Crippen LogP contribution in [-0.4, -0.2) is 15.2 Å². The number of aromatic nitrogens is 3. The molecule has 0 saturated heterocycles. The molecular weight excluding hydrogens is 255 g/mol. The largest absolute Gasteiger partial charge is 0.276 e. The van der Waals surface area contributed by atoms with Crippen molar-refractivity contribution in [3.63, 3.8) is 0 Å². The molecule has 0 aliphatic heterocycles. The van der Waals surface area contributed by atoms with E-state index >= 15 is 0 Å². The van der Waals surface area contributed by atoms with Gasteiger partial charge in [0.1, 0.15) is 11.3 Å². The molecule has 3 nitrogen and oxygen atoms in total. The molecule has 2 heterocycles. The topological polar surface area (TPSA) is 41.6 Å². The summed E-state index contributed by atoms with van der Waals surface area (Å²) >= 11 is 0. The van der Waals surface area contributed by atoms with Gasteiger partial charge in [-0.1, -0.05) is 6.07 Å². The molecule has 2 aromatic heterocycles. The van der Waals surface area contributed by atoms with Crippen LogP contribution in [0.3, 0.4) is 0 Å². The molecule has 0 aliphatic rings. The summed E-state index contributed by atoms with van der Waals surface area (Å²) in [7, 11) is 0. The second kappa shape index (κ2) is 4.38. The van der Waals surface area contributed by atoms with Crippen molar-refractivity contribution in [1.29, 1.82) is 0 Å². The van der Waals surface area contributed by atoms with Crippen LogP contribution >= 0.6 is 0 Å². The number of alkyl halides is 2. The number of fused-ring (bicyclic) bond motifs is 1. The molecule has 0 spiro atoms. The van der Waals surface area contributed by atoms with Gasteiger partial charge in [-0.15, -0.1) is 0 Å². The van der Waals surface area contributed by atoms with Crippen molar-refractivity contribution in [2.24, 2.45) is 0 Å². The van der Waals surface area contributed by atoms with Gasteiger partial charge < -0.3 is 0 Å². The van der Waals surface area contributed by atoms with Crippen LogP contribution in [0.1, 0.15) is 12.0 Å². The highest BCUT2D eigenvalue weighted by molar-refractivity contribution is 5.79. The van der Waals surface area contributed by atoms with E-state index < -0.39 is 17.8 Å². The summed E-state index contributed by atoms with van der Waals surface area (Å²) in [5, 5.41) is 6.57. The molecule has 1 aromatic carbocycles. The Kier molecular flexibility index (Phi) is 2.70. The van der Waals surface area contributed by atoms with E-state index in [1.807, 2.05) is 0 Å². The number of nitrogens with zero attached hydrogens (tertiary/aromatic N) is 2. The number of benzene rings is 1. The van der Waals surface area contributed by atoms with Crippen LogP contribution in [0.5, 0.6) is 0 Å². The average molecular weight is 263 g/mol. The minimum Gasteiger partial charge on any atom is -0.276 e. The fourth-order valence-corrected chi connectivity index (χ4v) is 1.88. The summed E-state index contributed by atoms with van der Waals surface area (Å²) in [6, 6.07) is 5.35. The Balaban J connectivity index is 2.12. The van der Waals surface area contributed by atoms with Crippen molar-refractivity contribution in [2.75, 3.05) is 0 Å². The summed E-state index contributed by atoms with van der Waals surface area (Å²) in [5.41, 5.74) is 1.88. The maximum absolute atomic E-state index is 13.2. The maximum Gasteiger partial charge on any atom is 0.266 e. The van der Waals surface area contributed by atoms with Gasteiger partial charge in [0.2, 0.25) is 0 Å². The molecule has 96 valence electrons. The second-order valence-electron chi connectivity index (χ2n) is 4.06. The lowest BCUT2D eigenvalue weighted by Crippen LogP contribution is -1.92. The zero-order valence-electron chi connectivity index (χ0n) is 9.57. The van der Waals surface area contributed by atoms with Gasteiger partial charge in [0.25, 0.3) is 6.43 Å². The molecule has 0 unspecified atom stereocenters. The molecule has 6 heteroatoms. The highest BCUT2D eigenvalue weighted by Gasteiger charge is 2.14. The Hall–Kier alpha value is -2.37. The zero-order valence-corrected chi connectivity index (χ0v) is 9.57. The van der Waals surface area contributed by atoms with Crippen LogP contribution in [0.15, 0.2) is 36.7 Å². The van der Waals surface area contributed by atoms with Gasteiger partial charge in [-0.2, -0.15) is 5.10 Å². The molecule has 0 amide bonds. The van der Waals surface area contributed by atoms with Crippen molar-refractivity contribution in [2.45, 2.75) is 6.43 Å². The van der Waals surface area contributed by atoms with E-state index in [-0.39, 0.29) is 0 Å². The van der Waals surface area contributed by atoms with Crippen LogP contribution in [-0.2, 0) is 0 Å². The number of rotatable bonds is 2. The molecule has 0 bridgehead atoms. The van der Waals surface area contributed by atoms with Gasteiger partial charge >= 0.3 is 0 Å². The van der Waals surface area contributed by atoms with E-state index in [2.05, 4.69) is 15.2 Å². The predicted molar refractivity (Wildman–Crippen MR) is 64.2 cm³/mol. The summed E-state index contributed by atoms with van der Waals surface area (Å²) in [6.45, 7) is 0. The molecule has 19 heavy (non-hydrogen) atoms. The first-order valence-electron chi connectivity index (χ1n) is 5.52. The van der Waals surface area contributed by atoms with Gasteiger partial charge in [0, 0.05) is 11.8 Å². The summed E-state index contributed by atoms with van der Waals surface area (Å²) in [4.78, 5) is 4.14. The van der Waals surface area contributed by atoms with Crippen molar-refractivity contribution in [3.8, 4) is 11.1 Å². The fourth-order valence-electron chi connectivity index (χ4n) is 1.88. The maximum atomic E-state index is 13.2. The van der Waals surface area contributed by atoms with Gasteiger partial charge in [-0.3, -0.25) is 10.1 Å². The van der Waals surface area contributed by atoms with Gasteiger partial charge in [-0.25, -0.2) is 13.2 Å². The van der Waals surface area contributed by atoms with Crippen molar-refractivity contribution in [3.05, 3.63) is 48.0 Å². The number of H-pyrrole nitrogens is 1. The second-order valence-corrected chi connectivity index (χ2v) is 4.06. The molecule has 3 rings (SSSR count). The minimum atomic E-state index is -2.84. The number of pyridine rings is 1. The number of hydrogen-bond acceptors (Lipinski definition) is 2. The Morgan fingerprint density at radius 2 is 1.89 bits per heavy atom. The van der Waals surface area contributed by atoms with Crippen LogP contribution < -0.4 is 0 Å². The fraction of sp³-hybridized carbons (Fsp3) is 0.0769. The molecular formula is C13H8F3N3. The first-order chi connectivity index (χ1) is 9.15. The van der Waals surface area contributed by atoms with Crippen LogP contribution in [0, 0.1) is 5.82 Å². The molecule has 0 atom stereocenters. The first kappa shape index (κ1) is 11.7. The third-order valence-corrected chi connectivity index (χ3v) is 2.85. The summed E-state index contributed by atoms with van der Waals surface area (Å²) in [5.74, 6) is -0.908. The van der Waals surface area contributed by atoms with Gasteiger partial charge in [-0.05, 0) is 23.8 Å². The summed E-state index contributed by atoms with van der Waals surface area (Å²) < 4.78 is 38.5. The predicted octanol–water partition coefficient (Wildman–Crippen LogP) is 3.70. The third-order valence-electron chi connectivity index (χ3n) is 2.85. The SMILES string of the molecule is Fc1ccc(-c2cnc3cn[nH]c3c2)cc1C(F)F. The highest BCUT2D eigenvalue weighted by Crippen LogP contribution is 2.28. The third kappa shape index (κ3) is 2.05. The van der Waals surface area contributed by atoms with E-state index in [4.69, 9.17) is 0 Å². The molecule has 1 N–H and O–H groups in total. The van der Waals surface area contributed by atoms with Crippen LogP contribution in [0.4, 0.5) is 13.2 Å². The van der Waals surface area contributed by atoms with E-state index in [0.717, 1.165) is 12.1 Å². The monoisotopic (exact) mass is 263 g/mol. The van der Waals surface area contributed by atoms with Crippen molar-refractivity contribution in [1.82, 2.24) is 15.2 Å².